The van der Waals surface area contributed by atoms with E-state index in [4.69, 9.17) is 5.26 Å². The molecule has 17 heavy (non-hydrogen) atoms. The lowest BCUT2D eigenvalue weighted by Crippen LogP contribution is -2.00. The van der Waals surface area contributed by atoms with Gasteiger partial charge in [-0.05, 0) is 12.5 Å². The van der Waals surface area contributed by atoms with Crippen molar-refractivity contribution in [2.75, 3.05) is 12.4 Å². The highest BCUT2D eigenvalue weighted by atomic mass is 15.0. The van der Waals surface area contributed by atoms with E-state index in [-0.39, 0.29) is 0 Å². The minimum Gasteiger partial charge on any atom is -0.372 e. The fourth-order valence-electron chi connectivity index (χ4n) is 1.61. The normalized spacial score (nSPS) is 9.71. The van der Waals surface area contributed by atoms with Gasteiger partial charge in [0.2, 0.25) is 0 Å². The molecule has 0 unspecified atom stereocenters. The van der Waals surface area contributed by atoms with Crippen molar-refractivity contribution in [1.82, 2.24) is 9.97 Å². The Kier molecular flexibility index (Phi) is 3.01. The summed E-state index contributed by atoms with van der Waals surface area (Å²) in [7, 11) is 1.74. The standard InChI is InChI=1S/C13H12N4/c1-9-5-3-4-6-11(9)13-16-8-10(7-14)12(15-2)17-13/h3-6,8H,1-2H3,(H,15,16,17). The summed E-state index contributed by atoms with van der Waals surface area (Å²) in [4.78, 5) is 8.56. The van der Waals surface area contributed by atoms with Crippen molar-refractivity contribution in [3.63, 3.8) is 0 Å². The molecule has 0 fully saturated rings. The number of nitriles is 1. The van der Waals surface area contributed by atoms with Gasteiger partial charge in [0.1, 0.15) is 17.5 Å². The minimum absolute atomic E-state index is 0.449. The predicted octanol–water partition coefficient (Wildman–Crippen LogP) is 2.37. The maximum Gasteiger partial charge on any atom is 0.161 e. The molecule has 0 radical (unpaired) electrons. The smallest absolute Gasteiger partial charge is 0.161 e. The Hall–Kier alpha value is -2.41. The third-order valence-electron chi connectivity index (χ3n) is 2.53. The molecule has 0 saturated carbocycles. The van der Waals surface area contributed by atoms with Crippen molar-refractivity contribution in [1.29, 1.82) is 5.26 Å². The zero-order valence-corrected chi connectivity index (χ0v) is 9.73. The maximum atomic E-state index is 8.90. The number of nitrogens with zero attached hydrogens (tertiary/aromatic N) is 3. The van der Waals surface area contributed by atoms with Crippen LogP contribution in [-0.4, -0.2) is 17.0 Å². The molecular weight excluding hydrogens is 212 g/mol. The summed E-state index contributed by atoms with van der Waals surface area (Å²) in [6.45, 7) is 2.01. The van der Waals surface area contributed by atoms with Gasteiger partial charge in [0.05, 0.1) is 6.20 Å². The summed E-state index contributed by atoms with van der Waals surface area (Å²) in [6.07, 6.45) is 1.54. The highest BCUT2D eigenvalue weighted by Gasteiger charge is 2.08. The van der Waals surface area contributed by atoms with Gasteiger partial charge in [0, 0.05) is 12.6 Å². The first-order chi connectivity index (χ1) is 8.26. The highest BCUT2D eigenvalue weighted by molar-refractivity contribution is 5.63. The van der Waals surface area contributed by atoms with E-state index < -0.39 is 0 Å². The molecule has 1 N–H and O–H groups in total. The summed E-state index contributed by atoms with van der Waals surface area (Å²) in [5.41, 5.74) is 2.54. The first kappa shape index (κ1) is 11.1. The number of rotatable bonds is 2. The van der Waals surface area contributed by atoms with Crippen molar-refractivity contribution in [3.8, 4) is 17.5 Å². The summed E-state index contributed by atoms with van der Waals surface area (Å²) in [5, 5.41) is 11.8. The maximum absolute atomic E-state index is 8.90. The molecular formula is C13H12N4. The lowest BCUT2D eigenvalue weighted by Gasteiger charge is -2.07. The molecule has 2 rings (SSSR count). The first-order valence-electron chi connectivity index (χ1n) is 5.27. The Morgan fingerprint density at radius 3 is 2.71 bits per heavy atom. The molecule has 0 bridgehead atoms. The molecule has 4 nitrogen and oxygen atoms in total. The number of hydrogen-bond acceptors (Lipinski definition) is 4. The number of benzene rings is 1. The SMILES string of the molecule is CNc1nc(-c2ccccc2C)ncc1C#N. The van der Waals surface area contributed by atoms with E-state index in [0.29, 0.717) is 17.2 Å². The topological polar surface area (TPSA) is 61.6 Å². The zero-order valence-electron chi connectivity index (χ0n) is 9.73. The van der Waals surface area contributed by atoms with Gasteiger partial charge in [0.25, 0.3) is 0 Å². The van der Waals surface area contributed by atoms with Crippen LogP contribution in [0.2, 0.25) is 0 Å². The van der Waals surface area contributed by atoms with Crippen LogP contribution in [0.25, 0.3) is 11.4 Å². The third-order valence-corrected chi connectivity index (χ3v) is 2.53. The molecule has 0 aliphatic carbocycles. The molecule has 0 atom stereocenters. The predicted molar refractivity (Wildman–Crippen MR) is 66.5 cm³/mol. The van der Waals surface area contributed by atoms with Gasteiger partial charge in [-0.1, -0.05) is 24.3 Å². The van der Waals surface area contributed by atoms with Gasteiger partial charge in [-0.15, -0.1) is 0 Å². The van der Waals surface area contributed by atoms with E-state index in [0.717, 1.165) is 11.1 Å². The van der Waals surface area contributed by atoms with E-state index >= 15 is 0 Å². The summed E-state index contributed by atoms with van der Waals surface area (Å²) < 4.78 is 0. The molecule has 4 heteroatoms. The van der Waals surface area contributed by atoms with Crippen LogP contribution in [-0.2, 0) is 0 Å². The lowest BCUT2D eigenvalue weighted by atomic mass is 10.1. The fourth-order valence-corrected chi connectivity index (χ4v) is 1.61. The van der Waals surface area contributed by atoms with Gasteiger partial charge in [-0.3, -0.25) is 0 Å². The molecule has 84 valence electrons. The van der Waals surface area contributed by atoms with Gasteiger partial charge >= 0.3 is 0 Å². The van der Waals surface area contributed by atoms with Crippen molar-refractivity contribution < 1.29 is 0 Å². The second kappa shape index (κ2) is 4.62. The highest BCUT2D eigenvalue weighted by Crippen LogP contribution is 2.21. The molecule has 0 amide bonds. The van der Waals surface area contributed by atoms with Crippen LogP contribution >= 0.6 is 0 Å². The van der Waals surface area contributed by atoms with Crippen LogP contribution in [0.4, 0.5) is 5.82 Å². The van der Waals surface area contributed by atoms with Crippen LogP contribution in [0.3, 0.4) is 0 Å². The Balaban J connectivity index is 2.55. The van der Waals surface area contributed by atoms with Gasteiger partial charge in [0.15, 0.2) is 5.82 Å². The van der Waals surface area contributed by atoms with Crippen LogP contribution in [0.1, 0.15) is 11.1 Å². The molecule has 1 aromatic carbocycles. The second-order valence-electron chi connectivity index (χ2n) is 3.63. The number of hydrogen-bond donors (Lipinski definition) is 1. The minimum atomic E-state index is 0.449. The van der Waals surface area contributed by atoms with Crippen LogP contribution in [0.5, 0.6) is 0 Å². The molecule has 1 heterocycles. The van der Waals surface area contributed by atoms with E-state index in [2.05, 4.69) is 21.4 Å². The lowest BCUT2D eigenvalue weighted by molar-refractivity contribution is 1.14. The van der Waals surface area contributed by atoms with Crippen LogP contribution < -0.4 is 5.32 Å². The van der Waals surface area contributed by atoms with Gasteiger partial charge in [-0.25, -0.2) is 9.97 Å². The average molecular weight is 224 g/mol. The number of anilines is 1. The Bertz CT molecular complexity index is 584. The first-order valence-corrected chi connectivity index (χ1v) is 5.27. The number of aryl methyl sites for hydroxylation is 1. The van der Waals surface area contributed by atoms with Gasteiger partial charge in [-0.2, -0.15) is 5.26 Å². The number of nitrogens with one attached hydrogen (secondary N) is 1. The molecule has 1 aromatic heterocycles. The van der Waals surface area contributed by atoms with Gasteiger partial charge < -0.3 is 5.32 Å². The summed E-state index contributed by atoms with van der Waals surface area (Å²) in [5.74, 6) is 1.19. The van der Waals surface area contributed by atoms with Crippen LogP contribution in [0, 0.1) is 18.3 Å². The van der Waals surface area contributed by atoms with E-state index in [9.17, 15) is 0 Å². The molecule has 0 saturated heterocycles. The Morgan fingerprint density at radius 2 is 2.06 bits per heavy atom. The monoisotopic (exact) mass is 224 g/mol. The van der Waals surface area contributed by atoms with Crippen molar-refractivity contribution in [2.24, 2.45) is 0 Å². The van der Waals surface area contributed by atoms with E-state index in [1.807, 2.05) is 31.2 Å². The van der Waals surface area contributed by atoms with Crippen molar-refractivity contribution >= 4 is 5.82 Å². The zero-order chi connectivity index (χ0) is 12.3. The largest absolute Gasteiger partial charge is 0.372 e. The van der Waals surface area contributed by atoms with E-state index in [1.165, 1.54) is 0 Å². The van der Waals surface area contributed by atoms with Crippen LogP contribution in [0.15, 0.2) is 30.5 Å². The summed E-state index contributed by atoms with van der Waals surface area (Å²) >= 11 is 0. The summed E-state index contributed by atoms with van der Waals surface area (Å²) in [6, 6.07) is 9.95. The quantitative estimate of drug-likeness (QED) is 0.850. The van der Waals surface area contributed by atoms with E-state index in [1.54, 1.807) is 13.2 Å². The Morgan fingerprint density at radius 1 is 1.29 bits per heavy atom. The van der Waals surface area contributed by atoms with Crippen molar-refractivity contribution in [3.05, 3.63) is 41.6 Å². The van der Waals surface area contributed by atoms with Crippen molar-refractivity contribution in [2.45, 2.75) is 6.92 Å². The Labute approximate surface area is 100.0 Å². The molecule has 0 aliphatic rings. The molecule has 0 aliphatic heterocycles. The molecule has 2 aromatic rings. The fraction of sp³-hybridized carbons (Fsp3) is 0.154. The second-order valence-corrected chi connectivity index (χ2v) is 3.63. The third kappa shape index (κ3) is 2.08. The average Bonchev–Trinajstić information content (AvgIpc) is 2.38. The number of aromatic nitrogens is 2. The molecule has 0 spiro atoms.